The van der Waals surface area contributed by atoms with Crippen LogP contribution in [0.2, 0.25) is 0 Å². The third kappa shape index (κ3) is 4.34. The molecule has 2 heterocycles. The Balaban J connectivity index is 0.00000128. The summed E-state index contributed by atoms with van der Waals surface area (Å²) >= 11 is 0. The number of nitrogens with one attached hydrogen (secondary N) is 2. The van der Waals surface area contributed by atoms with Gasteiger partial charge in [0.2, 0.25) is 0 Å². The number of hydrogen-bond donors (Lipinski definition) is 2. The van der Waals surface area contributed by atoms with E-state index >= 15 is 0 Å². The number of aromatic nitrogens is 1. The predicted octanol–water partition coefficient (Wildman–Crippen LogP) is 1.18. The fourth-order valence-corrected chi connectivity index (χ4v) is 1.52. The normalized spacial score (nSPS) is 14.4. The lowest BCUT2D eigenvalue weighted by molar-refractivity contribution is 0.700. The third-order valence-corrected chi connectivity index (χ3v) is 2.33. The Bertz CT molecular complexity index is 326. The molecule has 0 amide bonds. The molecule has 2 rings (SSSR count). The van der Waals surface area contributed by atoms with Crippen molar-refractivity contribution in [3.63, 3.8) is 0 Å². The van der Waals surface area contributed by atoms with E-state index in [1.54, 1.807) is 6.20 Å². The molecule has 2 N–H and O–H groups in total. The number of hydrogen-bond acceptors (Lipinski definition) is 4. The monoisotopic (exact) mass is 332 g/mol. The minimum absolute atomic E-state index is 0. The van der Waals surface area contributed by atoms with E-state index < -0.39 is 0 Å². The topological polar surface area (TPSA) is 49.3 Å². The van der Waals surface area contributed by atoms with Crippen LogP contribution in [0.3, 0.4) is 0 Å². The summed E-state index contributed by atoms with van der Waals surface area (Å²) in [6, 6.07) is 4.05. The molecule has 1 aromatic heterocycles. The molecule has 0 saturated carbocycles. The average Bonchev–Trinajstić information content (AvgIpc) is 2.32. The van der Waals surface area contributed by atoms with Crippen LogP contribution in [0.15, 0.2) is 29.5 Å². The van der Waals surface area contributed by atoms with Crippen molar-refractivity contribution in [1.82, 2.24) is 15.6 Å². The largest absolute Gasteiger partial charge is 0.356 e. The van der Waals surface area contributed by atoms with Crippen molar-refractivity contribution in [2.45, 2.75) is 12.8 Å². The Morgan fingerprint density at radius 3 is 3.06 bits per heavy atom. The van der Waals surface area contributed by atoms with Crippen LogP contribution in [0.25, 0.3) is 0 Å². The highest BCUT2D eigenvalue weighted by Crippen LogP contribution is 1.95. The van der Waals surface area contributed by atoms with E-state index in [1.807, 2.05) is 12.3 Å². The van der Waals surface area contributed by atoms with E-state index in [9.17, 15) is 0 Å². The van der Waals surface area contributed by atoms with Gasteiger partial charge in [-0.1, -0.05) is 6.07 Å². The molecule has 1 aliphatic heterocycles. The van der Waals surface area contributed by atoms with Crippen LogP contribution < -0.4 is 10.6 Å². The van der Waals surface area contributed by atoms with Crippen molar-refractivity contribution in [2.24, 2.45) is 4.99 Å². The maximum atomic E-state index is 4.34. The first kappa shape index (κ1) is 13.2. The van der Waals surface area contributed by atoms with Crippen LogP contribution in [0.4, 0.5) is 0 Å². The number of guanidine groups is 1. The Morgan fingerprint density at radius 2 is 2.38 bits per heavy atom. The summed E-state index contributed by atoms with van der Waals surface area (Å²) < 4.78 is 0. The van der Waals surface area contributed by atoms with Gasteiger partial charge in [0, 0.05) is 32.0 Å². The number of rotatable bonds is 3. The van der Waals surface area contributed by atoms with Gasteiger partial charge in [0.25, 0.3) is 0 Å². The quantitative estimate of drug-likeness (QED) is 0.818. The standard InChI is InChI=1S/C11H16N4.HI/c1-3-10(9-12-5-1)4-8-15-11-13-6-2-7-14-11;/h1,3,5,9H,2,4,6-8H2,(H2,13,14,15);1H. The van der Waals surface area contributed by atoms with Crippen molar-refractivity contribution in [3.8, 4) is 0 Å². The molecule has 0 bridgehead atoms. The maximum Gasteiger partial charge on any atom is 0.191 e. The average molecular weight is 332 g/mol. The van der Waals surface area contributed by atoms with E-state index in [2.05, 4.69) is 26.7 Å². The Labute approximate surface area is 113 Å². The second-order valence-corrected chi connectivity index (χ2v) is 3.55. The maximum absolute atomic E-state index is 4.34. The van der Waals surface area contributed by atoms with Gasteiger partial charge in [-0.3, -0.25) is 9.98 Å². The summed E-state index contributed by atoms with van der Waals surface area (Å²) in [4.78, 5) is 8.42. The minimum Gasteiger partial charge on any atom is -0.356 e. The number of pyridine rings is 1. The van der Waals surface area contributed by atoms with Gasteiger partial charge >= 0.3 is 0 Å². The van der Waals surface area contributed by atoms with Crippen LogP contribution in [0.1, 0.15) is 12.0 Å². The van der Waals surface area contributed by atoms with Gasteiger partial charge in [-0.2, -0.15) is 0 Å². The van der Waals surface area contributed by atoms with Crippen LogP contribution in [-0.4, -0.2) is 30.6 Å². The zero-order valence-electron chi connectivity index (χ0n) is 9.15. The Hall–Kier alpha value is -0.850. The molecule has 0 spiro atoms. The first-order chi connectivity index (χ1) is 7.45. The van der Waals surface area contributed by atoms with Gasteiger partial charge < -0.3 is 10.6 Å². The highest BCUT2D eigenvalue weighted by Gasteiger charge is 2.01. The van der Waals surface area contributed by atoms with E-state index in [0.717, 1.165) is 38.4 Å². The molecular weight excluding hydrogens is 315 g/mol. The second kappa shape index (κ2) is 7.43. The van der Waals surface area contributed by atoms with Gasteiger partial charge in [0.1, 0.15) is 0 Å². The molecule has 0 atom stereocenters. The van der Waals surface area contributed by atoms with Crippen LogP contribution in [0, 0.1) is 0 Å². The van der Waals surface area contributed by atoms with Crippen LogP contribution in [-0.2, 0) is 6.42 Å². The van der Waals surface area contributed by atoms with Crippen LogP contribution in [0.5, 0.6) is 0 Å². The van der Waals surface area contributed by atoms with Gasteiger partial charge in [-0.25, -0.2) is 0 Å². The Kier molecular flexibility index (Phi) is 6.14. The summed E-state index contributed by atoms with van der Waals surface area (Å²) in [5.74, 6) is 0.935. The fourth-order valence-electron chi connectivity index (χ4n) is 1.52. The van der Waals surface area contributed by atoms with Crippen molar-refractivity contribution in [1.29, 1.82) is 0 Å². The lowest BCUT2D eigenvalue weighted by atomic mass is 10.2. The second-order valence-electron chi connectivity index (χ2n) is 3.55. The number of nitrogens with zero attached hydrogens (tertiary/aromatic N) is 2. The number of aliphatic imine (C=N–C) groups is 1. The van der Waals surface area contributed by atoms with Crippen molar-refractivity contribution >= 4 is 29.9 Å². The molecule has 0 unspecified atom stereocenters. The Morgan fingerprint density at radius 1 is 1.44 bits per heavy atom. The summed E-state index contributed by atoms with van der Waals surface area (Å²) in [7, 11) is 0. The molecule has 88 valence electrons. The SMILES string of the molecule is I.c1cncc(CCNC2=NCCCN2)c1. The van der Waals surface area contributed by atoms with Gasteiger partial charge in [0.15, 0.2) is 5.96 Å². The molecule has 0 fully saturated rings. The molecule has 1 aliphatic rings. The van der Waals surface area contributed by atoms with Crippen LogP contribution >= 0.6 is 24.0 Å². The molecule has 0 saturated heterocycles. The summed E-state index contributed by atoms with van der Waals surface area (Å²) in [6.07, 6.45) is 5.81. The zero-order chi connectivity index (χ0) is 10.3. The lowest BCUT2D eigenvalue weighted by Crippen LogP contribution is -2.41. The molecule has 16 heavy (non-hydrogen) atoms. The highest BCUT2D eigenvalue weighted by atomic mass is 127. The molecule has 0 aliphatic carbocycles. The zero-order valence-corrected chi connectivity index (χ0v) is 11.5. The summed E-state index contributed by atoms with van der Waals surface area (Å²) in [5, 5.41) is 6.51. The summed E-state index contributed by atoms with van der Waals surface area (Å²) in [6.45, 7) is 2.86. The van der Waals surface area contributed by atoms with Gasteiger partial charge in [-0.15, -0.1) is 24.0 Å². The smallest absolute Gasteiger partial charge is 0.191 e. The fraction of sp³-hybridized carbons (Fsp3) is 0.455. The molecule has 0 aromatic carbocycles. The first-order valence-electron chi connectivity index (χ1n) is 5.36. The molecule has 0 radical (unpaired) electrons. The van der Waals surface area contributed by atoms with Crippen molar-refractivity contribution < 1.29 is 0 Å². The molecule has 1 aromatic rings. The van der Waals surface area contributed by atoms with Gasteiger partial charge in [0.05, 0.1) is 0 Å². The van der Waals surface area contributed by atoms with Crippen molar-refractivity contribution in [2.75, 3.05) is 19.6 Å². The van der Waals surface area contributed by atoms with E-state index in [0.29, 0.717) is 0 Å². The van der Waals surface area contributed by atoms with E-state index in [-0.39, 0.29) is 24.0 Å². The van der Waals surface area contributed by atoms with E-state index in [1.165, 1.54) is 5.56 Å². The lowest BCUT2D eigenvalue weighted by Gasteiger charge is -2.15. The number of halogens is 1. The first-order valence-corrected chi connectivity index (χ1v) is 5.36. The van der Waals surface area contributed by atoms with Gasteiger partial charge in [-0.05, 0) is 24.5 Å². The molecule has 4 nitrogen and oxygen atoms in total. The highest BCUT2D eigenvalue weighted by molar-refractivity contribution is 14.0. The minimum atomic E-state index is 0. The van der Waals surface area contributed by atoms with Crippen molar-refractivity contribution in [3.05, 3.63) is 30.1 Å². The molecule has 5 heteroatoms. The summed E-state index contributed by atoms with van der Waals surface area (Å²) in [5.41, 5.74) is 1.25. The third-order valence-electron chi connectivity index (χ3n) is 2.33. The molecular formula is C11H17IN4. The predicted molar refractivity (Wildman–Crippen MR) is 76.3 cm³/mol. The van der Waals surface area contributed by atoms with E-state index in [4.69, 9.17) is 0 Å².